The van der Waals surface area contributed by atoms with E-state index in [0.29, 0.717) is 37.5 Å². The number of fused-ring (bicyclic) bond motifs is 1. The summed E-state index contributed by atoms with van der Waals surface area (Å²) in [6.45, 7) is 3.93. The van der Waals surface area contributed by atoms with Crippen molar-refractivity contribution in [2.24, 2.45) is 5.73 Å². The maximum Gasteiger partial charge on any atom is 0.240 e. The number of nitrogens with zero attached hydrogens (tertiary/aromatic N) is 5. The Balaban J connectivity index is 1.83. The van der Waals surface area contributed by atoms with Gasteiger partial charge in [0.15, 0.2) is 17.0 Å². The van der Waals surface area contributed by atoms with E-state index in [1.807, 2.05) is 0 Å². The van der Waals surface area contributed by atoms with Crippen LogP contribution in [-0.2, 0) is 16.1 Å². The lowest BCUT2D eigenvalue weighted by Gasteiger charge is -2.27. The fraction of sp³-hybridized carbons (Fsp3) is 0.538. The van der Waals surface area contributed by atoms with E-state index in [2.05, 4.69) is 25.2 Å². The molecular weight excluding hydrogens is 286 g/mol. The van der Waals surface area contributed by atoms with E-state index in [1.165, 1.54) is 6.33 Å². The summed E-state index contributed by atoms with van der Waals surface area (Å²) in [6.07, 6.45) is 3.12. The summed E-state index contributed by atoms with van der Waals surface area (Å²) in [7, 11) is 0. The molecule has 0 radical (unpaired) electrons. The Bertz CT molecular complexity index is 651. The Kier molecular flexibility index (Phi) is 4.45. The van der Waals surface area contributed by atoms with Crippen LogP contribution in [0.4, 0.5) is 5.82 Å². The van der Waals surface area contributed by atoms with Crippen LogP contribution in [0.3, 0.4) is 0 Å². The van der Waals surface area contributed by atoms with Gasteiger partial charge in [-0.05, 0) is 0 Å². The van der Waals surface area contributed by atoms with E-state index in [1.54, 1.807) is 10.9 Å². The summed E-state index contributed by atoms with van der Waals surface area (Å²) in [5.41, 5.74) is 6.73. The fourth-order valence-corrected chi connectivity index (χ4v) is 2.41. The first-order valence-electron chi connectivity index (χ1n) is 7.25. The van der Waals surface area contributed by atoms with Gasteiger partial charge in [0.25, 0.3) is 0 Å². The minimum atomic E-state index is -0.115. The zero-order chi connectivity index (χ0) is 15.4. The lowest BCUT2D eigenvalue weighted by atomic mass is 10.3. The molecular formula is C13H19N7O2. The number of rotatable bonds is 5. The van der Waals surface area contributed by atoms with Gasteiger partial charge in [-0.1, -0.05) is 0 Å². The molecule has 3 N–H and O–H groups in total. The van der Waals surface area contributed by atoms with E-state index in [4.69, 9.17) is 10.5 Å². The highest BCUT2D eigenvalue weighted by molar-refractivity contribution is 5.85. The number of nitrogens with one attached hydrogen (secondary N) is 1. The van der Waals surface area contributed by atoms with Gasteiger partial charge in [-0.25, -0.2) is 15.0 Å². The summed E-state index contributed by atoms with van der Waals surface area (Å²) in [5, 5.41) is 2.73. The Morgan fingerprint density at radius 2 is 2.14 bits per heavy atom. The van der Waals surface area contributed by atoms with E-state index >= 15 is 0 Å². The fourth-order valence-electron chi connectivity index (χ4n) is 2.41. The minimum absolute atomic E-state index is 0.115. The zero-order valence-corrected chi connectivity index (χ0v) is 12.2. The summed E-state index contributed by atoms with van der Waals surface area (Å²) in [6, 6.07) is 0. The molecule has 1 aliphatic heterocycles. The molecule has 2 aromatic heterocycles. The van der Waals surface area contributed by atoms with Gasteiger partial charge in [-0.3, -0.25) is 4.79 Å². The van der Waals surface area contributed by atoms with Crippen LogP contribution in [0.25, 0.3) is 11.2 Å². The molecule has 22 heavy (non-hydrogen) atoms. The molecule has 3 heterocycles. The van der Waals surface area contributed by atoms with Crippen LogP contribution < -0.4 is 16.0 Å². The third-order valence-electron chi connectivity index (χ3n) is 3.47. The number of ether oxygens (including phenoxy) is 1. The van der Waals surface area contributed by atoms with Gasteiger partial charge in [0.2, 0.25) is 5.91 Å². The van der Waals surface area contributed by atoms with Crippen LogP contribution in [0.1, 0.15) is 0 Å². The van der Waals surface area contributed by atoms with Gasteiger partial charge in [-0.2, -0.15) is 0 Å². The maximum atomic E-state index is 11.8. The van der Waals surface area contributed by atoms with Crippen LogP contribution in [0.5, 0.6) is 0 Å². The Labute approximate surface area is 127 Å². The number of carbonyl (C=O) groups excluding carboxylic acids is 1. The third-order valence-corrected chi connectivity index (χ3v) is 3.47. The molecule has 0 aromatic carbocycles. The van der Waals surface area contributed by atoms with Crippen LogP contribution in [0.2, 0.25) is 0 Å². The lowest BCUT2D eigenvalue weighted by molar-refractivity contribution is -0.121. The second kappa shape index (κ2) is 6.67. The molecule has 9 nitrogen and oxygen atoms in total. The maximum absolute atomic E-state index is 11.8. The molecule has 3 rings (SSSR count). The van der Waals surface area contributed by atoms with Crippen molar-refractivity contribution in [1.29, 1.82) is 0 Å². The molecule has 2 aromatic rings. The summed E-state index contributed by atoms with van der Waals surface area (Å²) in [4.78, 5) is 26.9. The molecule has 9 heteroatoms. The van der Waals surface area contributed by atoms with Crippen LogP contribution in [0.15, 0.2) is 12.7 Å². The number of hydrogen-bond donors (Lipinski definition) is 2. The number of nitrogens with two attached hydrogens (primary N) is 1. The Hall–Kier alpha value is -2.26. The molecule has 1 aliphatic rings. The first-order chi connectivity index (χ1) is 10.8. The average Bonchev–Trinajstić information content (AvgIpc) is 2.97. The first-order valence-corrected chi connectivity index (χ1v) is 7.25. The molecule has 1 amide bonds. The van der Waals surface area contributed by atoms with Crippen molar-refractivity contribution in [3.63, 3.8) is 0 Å². The van der Waals surface area contributed by atoms with Gasteiger partial charge in [0.05, 0.1) is 19.5 Å². The highest BCUT2D eigenvalue weighted by atomic mass is 16.5. The van der Waals surface area contributed by atoms with Gasteiger partial charge in [-0.15, -0.1) is 0 Å². The molecule has 1 saturated heterocycles. The molecule has 1 fully saturated rings. The zero-order valence-electron chi connectivity index (χ0n) is 12.2. The van der Waals surface area contributed by atoms with Crippen LogP contribution in [-0.4, -0.2) is 64.8 Å². The summed E-state index contributed by atoms with van der Waals surface area (Å²) >= 11 is 0. The highest BCUT2D eigenvalue weighted by Gasteiger charge is 2.18. The standard InChI is InChI=1S/C13H19N7O2/c14-1-2-15-10(21)7-20-9-18-11-12(16-8-17-13(11)20)19-3-5-22-6-4-19/h8-9H,1-7,14H2,(H,15,21). The number of aromatic nitrogens is 4. The van der Waals surface area contributed by atoms with E-state index in [-0.39, 0.29) is 12.5 Å². The number of carbonyl (C=O) groups is 1. The van der Waals surface area contributed by atoms with Crippen molar-refractivity contribution < 1.29 is 9.53 Å². The van der Waals surface area contributed by atoms with Gasteiger partial charge in [0.1, 0.15) is 12.9 Å². The average molecular weight is 305 g/mol. The number of imidazole rings is 1. The molecule has 0 aliphatic carbocycles. The lowest BCUT2D eigenvalue weighted by Crippen LogP contribution is -2.37. The number of morpholine rings is 1. The van der Waals surface area contributed by atoms with Crippen molar-refractivity contribution in [3.05, 3.63) is 12.7 Å². The van der Waals surface area contributed by atoms with Crippen molar-refractivity contribution in [1.82, 2.24) is 24.8 Å². The molecule has 0 bridgehead atoms. The van der Waals surface area contributed by atoms with Crippen molar-refractivity contribution in [3.8, 4) is 0 Å². The summed E-state index contributed by atoms with van der Waals surface area (Å²) in [5.74, 6) is 0.672. The molecule has 118 valence electrons. The van der Waals surface area contributed by atoms with E-state index < -0.39 is 0 Å². The SMILES string of the molecule is NCCNC(=O)Cn1cnc2c(N3CCOCC3)ncnc21. The second-order valence-electron chi connectivity index (χ2n) is 4.98. The van der Waals surface area contributed by atoms with Gasteiger partial charge < -0.3 is 25.3 Å². The molecule has 0 spiro atoms. The van der Waals surface area contributed by atoms with Crippen molar-refractivity contribution >= 4 is 22.9 Å². The highest BCUT2D eigenvalue weighted by Crippen LogP contribution is 2.22. The topological polar surface area (TPSA) is 111 Å². The summed E-state index contributed by atoms with van der Waals surface area (Å²) < 4.78 is 7.07. The smallest absolute Gasteiger partial charge is 0.240 e. The second-order valence-corrected chi connectivity index (χ2v) is 4.98. The number of amides is 1. The minimum Gasteiger partial charge on any atom is -0.378 e. The largest absolute Gasteiger partial charge is 0.378 e. The predicted octanol–water partition coefficient (Wildman–Crippen LogP) is -1.26. The monoisotopic (exact) mass is 305 g/mol. The normalized spacial score (nSPS) is 15.2. The quantitative estimate of drug-likeness (QED) is 0.709. The first kappa shape index (κ1) is 14.7. The predicted molar refractivity (Wildman–Crippen MR) is 80.4 cm³/mol. The molecule has 0 unspecified atom stereocenters. The van der Waals surface area contributed by atoms with Gasteiger partial charge in [0, 0.05) is 26.2 Å². The Morgan fingerprint density at radius 1 is 1.32 bits per heavy atom. The van der Waals surface area contributed by atoms with Crippen molar-refractivity contribution in [2.75, 3.05) is 44.3 Å². The van der Waals surface area contributed by atoms with Crippen LogP contribution in [0, 0.1) is 0 Å². The molecule has 0 saturated carbocycles. The van der Waals surface area contributed by atoms with Gasteiger partial charge >= 0.3 is 0 Å². The van der Waals surface area contributed by atoms with Crippen LogP contribution >= 0.6 is 0 Å². The van der Waals surface area contributed by atoms with E-state index in [9.17, 15) is 4.79 Å². The number of anilines is 1. The number of hydrogen-bond acceptors (Lipinski definition) is 7. The van der Waals surface area contributed by atoms with Crippen molar-refractivity contribution in [2.45, 2.75) is 6.54 Å². The van der Waals surface area contributed by atoms with E-state index in [0.717, 1.165) is 18.9 Å². The Morgan fingerprint density at radius 3 is 2.91 bits per heavy atom. The third kappa shape index (κ3) is 3.00. The molecule has 0 atom stereocenters.